The molecule has 0 aliphatic rings. The van der Waals surface area contributed by atoms with E-state index < -0.39 is 9.05 Å². The van der Waals surface area contributed by atoms with Crippen molar-refractivity contribution >= 4 is 9.05 Å². The highest BCUT2D eigenvalue weighted by Crippen LogP contribution is 2.15. The van der Waals surface area contributed by atoms with Crippen LogP contribution < -0.4 is 0 Å². The summed E-state index contributed by atoms with van der Waals surface area (Å²) in [5, 5.41) is 0. The Balaban J connectivity index is 5.02. The Kier molecular flexibility index (Phi) is 12.3. The first-order valence-electron chi connectivity index (χ1n) is 7.55. The number of rotatable bonds is 12. The van der Waals surface area contributed by atoms with E-state index in [4.69, 9.17) is 17.7 Å². The summed E-state index contributed by atoms with van der Waals surface area (Å²) in [6.45, 7) is 8.10. The first-order valence-corrected chi connectivity index (χ1v) is 9.19. The van der Waals surface area contributed by atoms with Gasteiger partial charge in [0, 0.05) is 0 Å². The lowest BCUT2D eigenvalue weighted by Gasteiger charge is -2.22. The van der Waals surface area contributed by atoms with Crippen LogP contribution in [-0.2, 0) is 17.7 Å². The molecule has 0 fully saturated rings. The Bertz CT molecular complexity index is 279. The van der Waals surface area contributed by atoms with Gasteiger partial charge in [-0.15, -0.1) is 0 Å². The number of hydrogen-bond donors (Lipinski definition) is 0. The molecule has 0 saturated heterocycles. The lowest BCUT2D eigenvalue weighted by molar-refractivity contribution is 0.0765. The fourth-order valence-electron chi connectivity index (χ4n) is 1.08. The van der Waals surface area contributed by atoms with E-state index in [1.165, 1.54) is 0 Å². The van der Waals surface area contributed by atoms with Gasteiger partial charge in [-0.25, -0.2) is 0 Å². The van der Waals surface area contributed by atoms with Gasteiger partial charge in [0.1, 0.15) is 0 Å². The average molecular weight is 312 g/mol. The van der Waals surface area contributed by atoms with Crippen molar-refractivity contribution in [1.29, 1.82) is 0 Å². The van der Waals surface area contributed by atoms with Gasteiger partial charge in [-0.1, -0.05) is 52.0 Å². The van der Waals surface area contributed by atoms with E-state index >= 15 is 0 Å². The molecule has 21 heavy (non-hydrogen) atoms. The maximum absolute atomic E-state index is 5.65. The van der Waals surface area contributed by atoms with Crippen LogP contribution in [0.25, 0.3) is 0 Å². The van der Waals surface area contributed by atoms with Crippen molar-refractivity contribution < 1.29 is 17.7 Å². The number of hydrogen-bond acceptors (Lipinski definition) is 4. The highest BCUT2D eigenvalue weighted by Gasteiger charge is 2.54. The van der Waals surface area contributed by atoms with E-state index in [0.29, 0.717) is 0 Å². The molecule has 0 bridgehead atoms. The largest absolute Gasteiger partial charge is 0.964 e. The van der Waals surface area contributed by atoms with Crippen molar-refractivity contribution in [1.82, 2.24) is 0 Å². The summed E-state index contributed by atoms with van der Waals surface area (Å²) in [4.78, 5) is 0. The molecule has 5 heteroatoms. The zero-order valence-corrected chi connectivity index (χ0v) is 14.6. The van der Waals surface area contributed by atoms with Gasteiger partial charge >= 0.3 is 9.05 Å². The van der Waals surface area contributed by atoms with Crippen molar-refractivity contribution in [2.45, 2.75) is 53.4 Å². The Morgan fingerprint density at radius 2 is 0.762 bits per heavy atom. The second kappa shape index (κ2) is 13.4. The highest BCUT2D eigenvalue weighted by atomic mass is 28.4. The minimum atomic E-state index is -3.29. The average Bonchev–Trinajstić information content (AvgIpc) is 2.48. The fourth-order valence-corrected chi connectivity index (χ4v) is 2.46. The second-order valence-corrected chi connectivity index (χ2v) is 6.03. The van der Waals surface area contributed by atoms with Crippen LogP contribution in [0.5, 0.6) is 0 Å². The molecular formula is C16H28O4Si. The molecule has 0 aromatic rings. The van der Waals surface area contributed by atoms with Crippen LogP contribution in [0.1, 0.15) is 53.4 Å². The van der Waals surface area contributed by atoms with Gasteiger partial charge in [0.25, 0.3) is 0 Å². The molecule has 0 saturated carbocycles. The molecule has 0 spiro atoms. The lowest BCUT2D eigenvalue weighted by Crippen LogP contribution is -2.44. The minimum Gasteiger partial charge on any atom is -0.459 e. The number of allylic oxidation sites excluding steroid dienone is 4. The van der Waals surface area contributed by atoms with Crippen LogP contribution in [-0.4, -0.2) is 9.05 Å². The highest BCUT2D eigenvalue weighted by molar-refractivity contribution is 6.54. The normalized spacial score (nSPS) is 15.0. The van der Waals surface area contributed by atoms with Gasteiger partial charge in [-0.2, -0.15) is 0 Å². The predicted molar refractivity (Wildman–Crippen MR) is 87.8 cm³/mol. The zero-order chi connectivity index (χ0) is 15.8. The van der Waals surface area contributed by atoms with E-state index in [1.807, 2.05) is 52.0 Å². The molecule has 0 atom stereocenters. The monoisotopic (exact) mass is 312 g/mol. The lowest BCUT2D eigenvalue weighted by atomic mass is 10.5. The predicted octanol–water partition coefficient (Wildman–Crippen LogP) is 5.18. The van der Waals surface area contributed by atoms with Crippen molar-refractivity contribution in [3.05, 3.63) is 49.4 Å². The van der Waals surface area contributed by atoms with Crippen molar-refractivity contribution in [2.75, 3.05) is 0 Å². The molecule has 120 valence electrons. The molecular weight excluding hydrogens is 284 g/mol. The van der Waals surface area contributed by atoms with E-state index in [0.717, 1.165) is 25.7 Å². The van der Waals surface area contributed by atoms with E-state index in [9.17, 15) is 0 Å². The Labute approximate surface area is 130 Å². The molecule has 4 nitrogen and oxygen atoms in total. The third-order valence-electron chi connectivity index (χ3n) is 2.18. The molecule has 0 radical (unpaired) electrons. The van der Waals surface area contributed by atoms with Gasteiger partial charge in [-0.3, -0.25) is 0 Å². The van der Waals surface area contributed by atoms with Crippen LogP contribution in [0.2, 0.25) is 0 Å². The summed E-state index contributed by atoms with van der Waals surface area (Å²) in [7, 11) is -3.29. The van der Waals surface area contributed by atoms with Crippen molar-refractivity contribution in [3.8, 4) is 0 Å². The molecule has 0 aliphatic carbocycles. The van der Waals surface area contributed by atoms with Gasteiger partial charge in [0.15, 0.2) is 0 Å². The van der Waals surface area contributed by atoms with Crippen LogP contribution in [0.4, 0.5) is 0 Å². The molecule has 0 aliphatic heterocycles. The van der Waals surface area contributed by atoms with Gasteiger partial charge in [0.05, 0.1) is 25.0 Å². The maximum atomic E-state index is 5.65. The fraction of sp³-hybridized carbons (Fsp3) is 0.500. The SMILES string of the molecule is CCC=CO[Si](OC=CCC)(OC=CCC)OC=CCC. The quantitative estimate of drug-likeness (QED) is 0.367. The summed E-state index contributed by atoms with van der Waals surface area (Å²) in [5.41, 5.74) is 0. The topological polar surface area (TPSA) is 36.9 Å². The molecule has 0 aromatic carbocycles. The van der Waals surface area contributed by atoms with E-state index in [2.05, 4.69) is 0 Å². The first-order chi connectivity index (χ1) is 10.2. The van der Waals surface area contributed by atoms with Crippen LogP contribution >= 0.6 is 0 Å². The zero-order valence-electron chi connectivity index (χ0n) is 13.6. The van der Waals surface area contributed by atoms with Gasteiger partial charge < -0.3 is 17.7 Å². The molecule has 0 aromatic heterocycles. The third-order valence-corrected chi connectivity index (χ3v) is 3.88. The summed E-state index contributed by atoms with van der Waals surface area (Å²) in [5.74, 6) is 0. The summed E-state index contributed by atoms with van der Waals surface area (Å²) >= 11 is 0. The molecule has 0 unspecified atom stereocenters. The van der Waals surface area contributed by atoms with Gasteiger partial charge in [0.2, 0.25) is 0 Å². The van der Waals surface area contributed by atoms with Crippen LogP contribution in [0.3, 0.4) is 0 Å². The second-order valence-electron chi connectivity index (χ2n) is 4.09. The van der Waals surface area contributed by atoms with Crippen LogP contribution in [0.15, 0.2) is 49.4 Å². The van der Waals surface area contributed by atoms with E-state index in [1.54, 1.807) is 25.0 Å². The Hall–Kier alpha value is -1.62. The summed E-state index contributed by atoms with van der Waals surface area (Å²) < 4.78 is 22.6. The molecule has 0 rings (SSSR count). The third kappa shape index (κ3) is 9.84. The maximum Gasteiger partial charge on any atom is 0.964 e. The summed E-state index contributed by atoms with van der Waals surface area (Å²) in [6.07, 6.45) is 17.3. The standard InChI is InChI=1S/C16H28O4Si/c1-5-9-13-17-21(18-14-10-6-2,19-15-11-7-3)20-16-12-8-4/h9-16H,5-8H2,1-4H3. The van der Waals surface area contributed by atoms with Crippen LogP contribution in [0, 0.1) is 0 Å². The summed E-state index contributed by atoms with van der Waals surface area (Å²) in [6, 6.07) is 0. The minimum absolute atomic E-state index is 0.866. The first kappa shape index (κ1) is 19.4. The van der Waals surface area contributed by atoms with Gasteiger partial charge in [-0.05, 0) is 25.7 Å². The smallest absolute Gasteiger partial charge is 0.459 e. The molecule has 0 heterocycles. The Morgan fingerprint density at radius 3 is 0.952 bits per heavy atom. The Morgan fingerprint density at radius 1 is 0.524 bits per heavy atom. The van der Waals surface area contributed by atoms with Crippen molar-refractivity contribution in [2.24, 2.45) is 0 Å². The molecule has 0 N–H and O–H groups in total. The molecule has 0 amide bonds. The van der Waals surface area contributed by atoms with Crippen molar-refractivity contribution in [3.63, 3.8) is 0 Å². The van der Waals surface area contributed by atoms with E-state index in [-0.39, 0.29) is 0 Å².